The molecule has 0 unspecified atom stereocenters. The lowest BCUT2D eigenvalue weighted by atomic mass is 10.0. The average molecular weight is 244 g/mol. The van der Waals surface area contributed by atoms with Gasteiger partial charge in [0.1, 0.15) is 11.2 Å². The second-order valence-electron chi connectivity index (χ2n) is 4.11. The van der Waals surface area contributed by atoms with Crippen LogP contribution < -0.4 is 0 Å². The fraction of sp³-hybridized carbons (Fsp3) is 0.0667. The summed E-state index contributed by atoms with van der Waals surface area (Å²) in [5.41, 5.74) is 0.689. The van der Waals surface area contributed by atoms with E-state index < -0.39 is 5.92 Å². The third-order valence-corrected chi connectivity index (χ3v) is 3.02. The van der Waals surface area contributed by atoms with Crippen molar-refractivity contribution in [1.82, 2.24) is 0 Å². The molecule has 0 N–H and O–H groups in total. The molecule has 0 radical (unpaired) electrons. The van der Waals surface area contributed by atoms with Crippen molar-refractivity contribution in [2.45, 2.75) is 5.92 Å². The van der Waals surface area contributed by atoms with Crippen molar-refractivity contribution in [1.29, 1.82) is 0 Å². The Labute approximate surface area is 102 Å². The standard InChI is InChI=1S/C15H10F2O/c1-2-15(16,17)12-8-5-7-11-10-6-3-4-9-13(10)18-14(11)12/h2-9H,1H2. The Morgan fingerprint density at radius 3 is 2.50 bits per heavy atom. The molecule has 90 valence electrons. The van der Waals surface area contributed by atoms with Crippen LogP contribution in [-0.4, -0.2) is 0 Å². The molecule has 0 aliphatic heterocycles. The second kappa shape index (κ2) is 3.67. The van der Waals surface area contributed by atoms with E-state index in [1.807, 2.05) is 18.2 Å². The molecule has 1 aromatic heterocycles. The number of alkyl halides is 2. The number of rotatable bonds is 2. The molecule has 2 aromatic carbocycles. The van der Waals surface area contributed by atoms with Gasteiger partial charge in [0.15, 0.2) is 0 Å². The van der Waals surface area contributed by atoms with Gasteiger partial charge in [0.25, 0.3) is 5.92 Å². The van der Waals surface area contributed by atoms with E-state index in [1.165, 1.54) is 6.07 Å². The van der Waals surface area contributed by atoms with Crippen molar-refractivity contribution in [3.8, 4) is 0 Å². The monoisotopic (exact) mass is 244 g/mol. The molecule has 0 saturated carbocycles. The van der Waals surface area contributed by atoms with E-state index in [-0.39, 0.29) is 11.1 Å². The van der Waals surface area contributed by atoms with Crippen LogP contribution in [0.3, 0.4) is 0 Å². The first kappa shape index (κ1) is 11.0. The van der Waals surface area contributed by atoms with Crippen LogP contribution in [0, 0.1) is 0 Å². The van der Waals surface area contributed by atoms with Gasteiger partial charge in [-0.05, 0) is 18.2 Å². The minimum absolute atomic E-state index is 0.147. The second-order valence-corrected chi connectivity index (χ2v) is 4.11. The Bertz CT molecular complexity index is 740. The topological polar surface area (TPSA) is 13.1 Å². The molecule has 3 rings (SSSR count). The number of hydrogen-bond donors (Lipinski definition) is 0. The SMILES string of the molecule is C=CC(F)(F)c1cccc2c1oc1ccccc12. The summed E-state index contributed by atoms with van der Waals surface area (Å²) in [6.07, 6.45) is 0.634. The molecule has 1 heterocycles. The number of allylic oxidation sites excluding steroid dienone is 1. The first-order chi connectivity index (χ1) is 8.63. The maximum Gasteiger partial charge on any atom is 0.295 e. The third kappa shape index (κ3) is 1.44. The molecule has 1 nitrogen and oxygen atoms in total. The highest BCUT2D eigenvalue weighted by atomic mass is 19.3. The normalized spacial score (nSPS) is 12.1. The number of furan rings is 1. The lowest BCUT2D eigenvalue weighted by Gasteiger charge is -2.11. The highest BCUT2D eigenvalue weighted by Crippen LogP contribution is 2.38. The summed E-state index contributed by atoms with van der Waals surface area (Å²) in [4.78, 5) is 0. The maximum atomic E-state index is 13.8. The van der Waals surface area contributed by atoms with E-state index in [2.05, 4.69) is 6.58 Å². The van der Waals surface area contributed by atoms with Crippen molar-refractivity contribution < 1.29 is 13.2 Å². The van der Waals surface area contributed by atoms with Crippen LogP contribution in [0.15, 0.2) is 59.5 Å². The van der Waals surface area contributed by atoms with Gasteiger partial charge in [-0.3, -0.25) is 0 Å². The average Bonchev–Trinajstić information content (AvgIpc) is 2.77. The molecule has 0 atom stereocenters. The Morgan fingerprint density at radius 1 is 1.00 bits per heavy atom. The molecule has 0 amide bonds. The number of hydrogen-bond acceptors (Lipinski definition) is 1. The van der Waals surface area contributed by atoms with Crippen LogP contribution in [0.25, 0.3) is 21.9 Å². The Balaban J connectivity index is 2.45. The van der Waals surface area contributed by atoms with E-state index in [0.717, 1.165) is 5.39 Å². The van der Waals surface area contributed by atoms with Crippen LogP contribution in [0.1, 0.15) is 5.56 Å². The van der Waals surface area contributed by atoms with Gasteiger partial charge in [-0.25, -0.2) is 0 Å². The molecule has 0 fully saturated rings. The molecule has 3 aromatic rings. The minimum Gasteiger partial charge on any atom is -0.456 e. The molecule has 18 heavy (non-hydrogen) atoms. The van der Waals surface area contributed by atoms with Gasteiger partial charge in [0.2, 0.25) is 0 Å². The van der Waals surface area contributed by atoms with E-state index in [1.54, 1.807) is 18.2 Å². The largest absolute Gasteiger partial charge is 0.456 e. The minimum atomic E-state index is -3.09. The van der Waals surface area contributed by atoms with E-state index >= 15 is 0 Å². The summed E-state index contributed by atoms with van der Waals surface area (Å²) in [7, 11) is 0. The van der Waals surface area contributed by atoms with Gasteiger partial charge < -0.3 is 4.42 Å². The Hall–Kier alpha value is -2.16. The first-order valence-corrected chi connectivity index (χ1v) is 5.55. The highest BCUT2D eigenvalue weighted by molar-refractivity contribution is 6.05. The zero-order valence-corrected chi connectivity index (χ0v) is 9.49. The summed E-state index contributed by atoms with van der Waals surface area (Å²) in [5, 5.41) is 1.54. The predicted octanol–water partition coefficient (Wildman–Crippen LogP) is 4.86. The van der Waals surface area contributed by atoms with Crippen LogP contribution in [-0.2, 0) is 5.92 Å². The van der Waals surface area contributed by atoms with Gasteiger partial charge in [0.05, 0.1) is 5.56 Å². The predicted molar refractivity (Wildman–Crippen MR) is 67.8 cm³/mol. The van der Waals surface area contributed by atoms with Crippen molar-refractivity contribution in [3.63, 3.8) is 0 Å². The Kier molecular flexibility index (Phi) is 2.23. The summed E-state index contributed by atoms with van der Waals surface area (Å²) in [6, 6.07) is 12.1. The van der Waals surface area contributed by atoms with Gasteiger partial charge in [-0.15, -0.1) is 0 Å². The zero-order valence-electron chi connectivity index (χ0n) is 9.49. The summed E-state index contributed by atoms with van der Waals surface area (Å²) in [5.74, 6) is -3.09. The quantitative estimate of drug-likeness (QED) is 0.586. The van der Waals surface area contributed by atoms with Crippen LogP contribution in [0.5, 0.6) is 0 Å². The molecular formula is C15H10F2O. The van der Waals surface area contributed by atoms with Gasteiger partial charge in [-0.2, -0.15) is 8.78 Å². The molecule has 3 heteroatoms. The van der Waals surface area contributed by atoms with Gasteiger partial charge in [-0.1, -0.05) is 36.9 Å². The summed E-state index contributed by atoms with van der Waals surface area (Å²) >= 11 is 0. The molecule has 0 aliphatic rings. The fourth-order valence-electron chi connectivity index (χ4n) is 2.12. The zero-order chi connectivity index (χ0) is 12.8. The molecular weight excluding hydrogens is 234 g/mol. The van der Waals surface area contributed by atoms with Crippen LogP contribution in [0.2, 0.25) is 0 Å². The highest BCUT2D eigenvalue weighted by Gasteiger charge is 2.31. The summed E-state index contributed by atoms with van der Waals surface area (Å²) < 4.78 is 33.1. The smallest absolute Gasteiger partial charge is 0.295 e. The summed E-state index contributed by atoms with van der Waals surface area (Å²) in [6.45, 7) is 3.18. The molecule has 0 aliphatic carbocycles. The first-order valence-electron chi connectivity index (χ1n) is 5.55. The van der Waals surface area contributed by atoms with Crippen LogP contribution in [0.4, 0.5) is 8.78 Å². The lowest BCUT2D eigenvalue weighted by molar-refractivity contribution is 0.0533. The van der Waals surface area contributed by atoms with Gasteiger partial charge >= 0.3 is 0 Å². The fourth-order valence-corrected chi connectivity index (χ4v) is 2.12. The van der Waals surface area contributed by atoms with Crippen molar-refractivity contribution >= 4 is 21.9 Å². The Morgan fingerprint density at radius 2 is 1.72 bits per heavy atom. The van der Waals surface area contributed by atoms with Crippen molar-refractivity contribution in [2.24, 2.45) is 0 Å². The third-order valence-electron chi connectivity index (χ3n) is 3.02. The maximum absolute atomic E-state index is 13.8. The molecule has 0 saturated heterocycles. The van der Waals surface area contributed by atoms with Crippen molar-refractivity contribution in [2.75, 3.05) is 0 Å². The number of halogens is 2. The molecule has 0 bridgehead atoms. The molecule has 0 spiro atoms. The number of benzene rings is 2. The van der Waals surface area contributed by atoms with E-state index in [9.17, 15) is 8.78 Å². The van der Waals surface area contributed by atoms with Gasteiger partial charge in [0, 0.05) is 10.8 Å². The van der Waals surface area contributed by atoms with E-state index in [4.69, 9.17) is 4.42 Å². The van der Waals surface area contributed by atoms with Crippen molar-refractivity contribution in [3.05, 3.63) is 60.7 Å². The number of para-hydroxylation sites is 2. The van der Waals surface area contributed by atoms with E-state index in [0.29, 0.717) is 17.0 Å². The lowest BCUT2D eigenvalue weighted by Crippen LogP contribution is -2.08. The number of fused-ring (bicyclic) bond motifs is 3. The van der Waals surface area contributed by atoms with Crippen LogP contribution >= 0.6 is 0 Å².